The molecule has 26 heteroatoms. The van der Waals surface area contributed by atoms with Crippen molar-refractivity contribution in [3.8, 4) is 0 Å². The third-order valence-corrected chi connectivity index (χ3v) is 31.8. The maximum absolute atomic E-state index is 12.9. The van der Waals surface area contributed by atoms with Crippen molar-refractivity contribution in [2.45, 2.75) is 289 Å². The van der Waals surface area contributed by atoms with Crippen molar-refractivity contribution in [2.24, 2.45) is 107 Å². The number of hydrogen-bond donors (Lipinski definition) is 2. The van der Waals surface area contributed by atoms with E-state index in [-0.39, 0.29) is 83.1 Å². The molecule has 10 nitrogen and oxygen atoms in total. The highest BCUT2D eigenvalue weighted by molar-refractivity contribution is 6.65. The molecule has 2 N–H and O–H groups in total. The maximum atomic E-state index is 12.9. The van der Waals surface area contributed by atoms with Gasteiger partial charge in [-0.3, -0.25) is 0 Å². The standard InChI is InChI=1S/C16H20F6O.C12H18.C11H14F6O.C7H12.4C4H12O2Si.8CH4/c17-15(18,19)14(23,16(20,21)22)6-10-4-9-5-11(10)13-8-2-1-7(3-8)12(9)13;1-2-8-5-7(1)11-9-3-4-10(6-9)12(8)11;12-10(13,14)9(18,11(15,16)17)5-8-4-6-1-2-7(8)3-6;1-2-7-4-3-6(1)5-7;4*1-5-7(3,4)6-2;;;;;;;;/h7-13,23H,1-6H2;7-12H,1-6H2;6-8,18H,1-5H2;6-7H,1-5H2;4*1-4H3;8*1H4. The Hall–Kier alpha value is -0.372. The van der Waals surface area contributed by atoms with Crippen LogP contribution in [0.3, 0.4) is 0 Å². The molecule has 0 aliphatic heterocycles. The fraction of sp³-hybridized carbons (Fsp3) is 1.00. The molecule has 0 aromatic heterocycles. The van der Waals surface area contributed by atoms with Crippen molar-refractivity contribution in [3.05, 3.63) is 0 Å². The van der Waals surface area contributed by atoms with E-state index in [4.69, 9.17) is 40.5 Å². The Morgan fingerprint density at radius 3 is 0.719 bits per heavy atom. The molecule has 12 bridgehead atoms. The average molecular weight is 1490 g/mol. The molecule has 0 aromatic rings. The smallest absolute Gasteiger partial charge is 0.398 e. The first-order valence-electron chi connectivity index (χ1n) is 32.6. The van der Waals surface area contributed by atoms with E-state index >= 15 is 0 Å². The van der Waals surface area contributed by atoms with E-state index in [1.807, 2.05) is 52.4 Å². The molecule has 12 aliphatic rings. The SMILES string of the molecule is C.C.C.C.C.C.C.C.C1CC2CC1C1C3CCC(C3)C21.C1CC2CCC1C2.CO[Si](C)(C)OC.CO[Si](C)(C)OC.CO[Si](C)(C)OC.CO[Si](C)(C)OC.OC(CC1CC2CC1C1C3CCC(C3)C21)(C(F)(F)F)C(F)(F)F.OC(CC1CC2CCC1C2)(C(F)(F)F)C(F)(F)F. The summed E-state index contributed by atoms with van der Waals surface area (Å²) in [4.78, 5) is 0. The van der Waals surface area contributed by atoms with E-state index in [0.717, 1.165) is 25.7 Å². The quantitative estimate of drug-likeness (QED) is 0.111. The number of halogens is 12. The van der Waals surface area contributed by atoms with Crippen LogP contribution in [-0.4, -0.2) is 137 Å². The van der Waals surface area contributed by atoms with Gasteiger partial charge in [0.25, 0.3) is 11.2 Å². The van der Waals surface area contributed by atoms with E-state index in [0.29, 0.717) is 49.4 Å². The molecule has 14 unspecified atom stereocenters. The summed E-state index contributed by atoms with van der Waals surface area (Å²) in [6, 6.07) is 0. The van der Waals surface area contributed by atoms with Crippen LogP contribution >= 0.6 is 0 Å². The summed E-state index contributed by atoms with van der Waals surface area (Å²) in [5.41, 5.74) is -9.13. The van der Waals surface area contributed by atoms with Gasteiger partial charge in [0.1, 0.15) is 0 Å². The number of aliphatic hydroxyl groups is 2. The van der Waals surface area contributed by atoms with Gasteiger partial charge in [0.2, 0.25) is 0 Å². The van der Waals surface area contributed by atoms with Crippen molar-refractivity contribution in [1.82, 2.24) is 0 Å². The number of alkyl halides is 12. The third kappa shape index (κ3) is 24.9. The first-order valence-corrected chi connectivity index (χ1v) is 43.8. The van der Waals surface area contributed by atoms with Gasteiger partial charge in [-0.25, -0.2) is 0 Å². The second-order valence-electron chi connectivity index (χ2n) is 29.9. The van der Waals surface area contributed by atoms with Gasteiger partial charge in [0.15, 0.2) is 0 Å². The minimum Gasteiger partial charge on any atom is -0.398 e. The summed E-state index contributed by atoms with van der Waals surface area (Å²) in [5, 5.41) is 18.6. The Balaban J connectivity index is -0.000000523. The van der Waals surface area contributed by atoms with E-state index in [9.17, 15) is 57.8 Å². The van der Waals surface area contributed by atoms with Gasteiger partial charge in [0.05, 0.1) is 0 Å². The minimum absolute atomic E-state index is 0. The average Bonchev–Trinajstić information content (AvgIpc) is 1.59. The molecule has 0 aromatic carbocycles. The summed E-state index contributed by atoms with van der Waals surface area (Å²) in [6.07, 6.45) is -0.455. The van der Waals surface area contributed by atoms with E-state index in [1.165, 1.54) is 53.8 Å². The molecule has 584 valence electrons. The molecule has 14 atom stereocenters. The Bertz CT molecular complexity index is 1950. The minimum atomic E-state index is -5.68. The summed E-state index contributed by atoms with van der Waals surface area (Å²) in [7, 11) is 6.81. The van der Waals surface area contributed by atoms with Crippen LogP contribution in [0.5, 0.6) is 0 Å². The molecule has 12 rings (SSSR count). The van der Waals surface area contributed by atoms with Crippen molar-refractivity contribution in [2.75, 3.05) is 56.9 Å². The van der Waals surface area contributed by atoms with Crippen LogP contribution in [0, 0.1) is 107 Å². The van der Waals surface area contributed by atoms with Crippen LogP contribution in [0.1, 0.15) is 201 Å². The molecule has 0 spiro atoms. The van der Waals surface area contributed by atoms with Crippen LogP contribution in [0.15, 0.2) is 0 Å². The lowest BCUT2D eigenvalue weighted by molar-refractivity contribution is -0.374. The second-order valence-corrected chi connectivity index (χ2v) is 44.3. The zero-order chi connectivity index (χ0) is 66.6. The van der Waals surface area contributed by atoms with Gasteiger partial charge in [-0.1, -0.05) is 91.5 Å². The Morgan fingerprint density at radius 2 is 0.510 bits per heavy atom. The first-order chi connectivity index (χ1) is 40.4. The molecule has 0 saturated heterocycles. The Kier molecular flexibility index (Phi) is 42.7. The molecule has 0 amide bonds. The lowest BCUT2D eigenvalue weighted by atomic mass is 9.65. The largest absolute Gasteiger partial charge is 0.426 e. The Morgan fingerprint density at radius 1 is 0.271 bits per heavy atom. The zero-order valence-electron chi connectivity index (χ0n) is 55.6. The summed E-state index contributed by atoms with van der Waals surface area (Å²) >= 11 is 0. The van der Waals surface area contributed by atoms with Crippen LogP contribution < -0.4 is 0 Å². The van der Waals surface area contributed by atoms with E-state index in [1.54, 1.807) is 128 Å². The van der Waals surface area contributed by atoms with Crippen molar-refractivity contribution < 1.29 is 98.3 Å². The van der Waals surface area contributed by atoms with Crippen molar-refractivity contribution >= 4 is 34.2 Å². The molecular formula is C70H144F12O10Si4. The van der Waals surface area contributed by atoms with Gasteiger partial charge in [-0.2, -0.15) is 52.7 Å². The molecular weight excluding hydrogens is 1340 g/mol. The fourth-order valence-corrected chi connectivity index (χ4v) is 18.8. The second kappa shape index (κ2) is 40.2. The monoisotopic (exact) mass is 1480 g/mol. The summed E-state index contributed by atoms with van der Waals surface area (Å²) in [6.45, 7) is 15.9. The molecule has 0 radical (unpaired) electrons. The van der Waals surface area contributed by atoms with Crippen molar-refractivity contribution in [3.63, 3.8) is 0 Å². The third-order valence-electron chi connectivity index (χ3n) is 24.0. The topological polar surface area (TPSA) is 114 Å². The van der Waals surface area contributed by atoms with Gasteiger partial charge in [-0.15, -0.1) is 0 Å². The highest BCUT2D eigenvalue weighted by Gasteiger charge is 2.73. The predicted molar refractivity (Wildman–Crippen MR) is 378 cm³/mol. The van der Waals surface area contributed by atoms with Gasteiger partial charge >= 0.3 is 58.9 Å². The van der Waals surface area contributed by atoms with Crippen LogP contribution in [0.25, 0.3) is 0 Å². The van der Waals surface area contributed by atoms with Gasteiger partial charge in [0, 0.05) is 56.9 Å². The predicted octanol–water partition coefficient (Wildman–Crippen LogP) is 22.5. The Labute approximate surface area is 582 Å². The van der Waals surface area contributed by atoms with Crippen LogP contribution in [-0.2, 0) is 35.4 Å². The van der Waals surface area contributed by atoms with Crippen molar-refractivity contribution in [1.29, 1.82) is 0 Å². The molecule has 96 heavy (non-hydrogen) atoms. The number of rotatable bonds is 12. The zero-order valence-corrected chi connectivity index (χ0v) is 59.6. The summed E-state index contributed by atoms with van der Waals surface area (Å²) < 4.78 is 193. The lowest BCUT2D eigenvalue weighted by Gasteiger charge is -2.42. The van der Waals surface area contributed by atoms with Crippen LogP contribution in [0.2, 0.25) is 52.4 Å². The van der Waals surface area contributed by atoms with Gasteiger partial charge < -0.3 is 45.6 Å². The highest BCUT2D eigenvalue weighted by atomic mass is 28.4. The number of fused-ring (bicyclic) bond motifs is 22. The molecule has 12 saturated carbocycles. The highest BCUT2D eigenvalue weighted by Crippen LogP contribution is 2.71. The van der Waals surface area contributed by atoms with E-state index < -0.39 is 94.8 Å². The molecule has 12 fully saturated rings. The molecule has 0 heterocycles. The number of hydrogen-bond acceptors (Lipinski definition) is 10. The van der Waals surface area contributed by atoms with Crippen LogP contribution in [0.4, 0.5) is 52.7 Å². The maximum Gasteiger partial charge on any atom is 0.426 e. The normalized spacial score (nSPS) is 32.4. The first kappa shape index (κ1) is 102. The fourth-order valence-electron chi connectivity index (χ4n) is 18.1. The van der Waals surface area contributed by atoms with Gasteiger partial charge in [-0.05, 0) is 268 Å². The van der Waals surface area contributed by atoms with E-state index in [2.05, 4.69) is 0 Å². The molecule has 12 aliphatic carbocycles. The lowest BCUT2D eigenvalue weighted by Crippen LogP contribution is -2.58. The summed E-state index contributed by atoms with van der Waals surface area (Å²) in [5.74, 6) is 10.6.